The molecule has 240 valence electrons. The molecule has 0 aliphatic heterocycles. The van der Waals surface area contributed by atoms with Crippen molar-refractivity contribution in [2.75, 3.05) is 19.8 Å². The van der Waals surface area contributed by atoms with Crippen molar-refractivity contribution in [3.05, 3.63) is 47.5 Å². The predicted molar refractivity (Wildman–Crippen MR) is 182 cm³/mol. The number of ether oxygens (including phenoxy) is 2. The Morgan fingerprint density at radius 1 is 0.605 bits per heavy atom. The van der Waals surface area contributed by atoms with Gasteiger partial charge in [-0.3, -0.25) is 9.98 Å². The van der Waals surface area contributed by atoms with Gasteiger partial charge in [-0.1, -0.05) is 104 Å². The molecule has 0 aliphatic rings. The summed E-state index contributed by atoms with van der Waals surface area (Å²) < 4.78 is 11.6. The van der Waals surface area contributed by atoms with Crippen LogP contribution in [0.2, 0.25) is 0 Å². The van der Waals surface area contributed by atoms with Crippen LogP contribution in [0.1, 0.15) is 135 Å². The first-order valence-corrected chi connectivity index (χ1v) is 17.0. The lowest BCUT2D eigenvalue weighted by molar-refractivity contribution is 0.302. The van der Waals surface area contributed by atoms with E-state index in [2.05, 4.69) is 23.8 Å². The van der Waals surface area contributed by atoms with Crippen LogP contribution in [-0.2, 0) is 0 Å². The van der Waals surface area contributed by atoms with Crippen molar-refractivity contribution in [1.82, 2.24) is 0 Å². The third kappa shape index (κ3) is 17.0. The highest BCUT2D eigenvalue weighted by Gasteiger charge is 2.05. The lowest BCUT2D eigenvalue weighted by Gasteiger charge is -2.08. The van der Waals surface area contributed by atoms with Crippen molar-refractivity contribution >= 4 is 12.4 Å². The van der Waals surface area contributed by atoms with Gasteiger partial charge >= 0.3 is 0 Å². The van der Waals surface area contributed by atoms with Gasteiger partial charge in [-0.2, -0.15) is 0 Å². The van der Waals surface area contributed by atoms with Crippen LogP contribution in [0, 0.1) is 0 Å². The minimum atomic E-state index is -0.0788. The molecule has 2 rings (SSSR count). The highest BCUT2D eigenvalue weighted by atomic mass is 16.5. The van der Waals surface area contributed by atoms with Crippen molar-refractivity contribution < 1.29 is 19.7 Å². The molecule has 0 amide bonds. The maximum absolute atomic E-state index is 10.4. The van der Waals surface area contributed by atoms with Crippen LogP contribution < -0.4 is 9.47 Å². The Labute approximate surface area is 261 Å². The van der Waals surface area contributed by atoms with Crippen LogP contribution >= 0.6 is 0 Å². The van der Waals surface area contributed by atoms with Gasteiger partial charge in [0.15, 0.2) is 0 Å². The van der Waals surface area contributed by atoms with Gasteiger partial charge in [0.2, 0.25) is 0 Å². The van der Waals surface area contributed by atoms with E-state index in [0.717, 1.165) is 12.8 Å². The van der Waals surface area contributed by atoms with E-state index in [1.165, 1.54) is 89.9 Å². The number of hydrogen-bond acceptors (Lipinski definition) is 6. The lowest BCUT2D eigenvalue weighted by Crippen LogP contribution is -2.04. The van der Waals surface area contributed by atoms with Crippen molar-refractivity contribution in [2.24, 2.45) is 9.98 Å². The average Bonchev–Trinajstić information content (AvgIpc) is 3.00. The zero-order valence-electron chi connectivity index (χ0n) is 27.2. The molecular weight excluding hydrogens is 536 g/mol. The van der Waals surface area contributed by atoms with Crippen molar-refractivity contribution in [1.29, 1.82) is 0 Å². The number of aliphatic imine (C=N–C) groups is 2. The molecule has 43 heavy (non-hydrogen) atoms. The molecule has 6 nitrogen and oxygen atoms in total. The largest absolute Gasteiger partial charge is 0.507 e. The molecule has 0 saturated heterocycles. The molecule has 2 aromatic carbocycles. The fourth-order valence-corrected chi connectivity index (χ4v) is 4.86. The number of hydrogen-bond donors (Lipinski definition) is 2. The second kappa shape index (κ2) is 23.4. The van der Waals surface area contributed by atoms with Crippen LogP contribution in [0.15, 0.2) is 46.4 Å². The number of unbranched alkanes of at least 4 members (excludes halogenated alkanes) is 14. The molecule has 0 heterocycles. The molecule has 0 fully saturated rings. The van der Waals surface area contributed by atoms with E-state index in [9.17, 15) is 10.2 Å². The third-order valence-corrected chi connectivity index (χ3v) is 7.61. The van der Waals surface area contributed by atoms with Crippen molar-refractivity contribution in [3.63, 3.8) is 0 Å². The fourth-order valence-electron chi connectivity index (χ4n) is 4.86. The summed E-state index contributed by atoms with van der Waals surface area (Å²) in [6.45, 7) is 8.26. The summed E-state index contributed by atoms with van der Waals surface area (Å²) in [7, 11) is 0. The number of aromatic hydroxyl groups is 2. The third-order valence-electron chi connectivity index (χ3n) is 7.61. The molecule has 2 N–H and O–H groups in total. The Balaban J connectivity index is 1.65. The number of nitrogens with zero attached hydrogens (tertiary/aromatic N) is 2. The maximum atomic E-state index is 10.4. The highest BCUT2D eigenvalue weighted by Crippen LogP contribution is 2.24. The van der Waals surface area contributed by atoms with Crippen molar-refractivity contribution in [2.45, 2.75) is 130 Å². The van der Waals surface area contributed by atoms with Gasteiger partial charge in [-0.25, -0.2) is 0 Å². The molecule has 0 aliphatic carbocycles. The standard InChI is InChI=1S/C37H58N2O4/c1-4-6-8-10-12-14-16-18-24-42-34-22-20-32(36(40)26-34)29-38-28-31(3)39-30-33-21-23-35(27-37(33)41)43-25-19-17-15-13-11-9-7-5-2/h20-23,26-27,29-31,40-41H,4-19,24-25,28H2,1-3H3/t31-/m0/s1. The van der Waals surface area contributed by atoms with Crippen LogP contribution in [-0.4, -0.2) is 48.4 Å². The lowest BCUT2D eigenvalue weighted by atomic mass is 10.1. The van der Waals surface area contributed by atoms with Crippen molar-refractivity contribution in [3.8, 4) is 23.0 Å². The number of phenols is 2. The van der Waals surface area contributed by atoms with Gasteiger partial charge < -0.3 is 19.7 Å². The van der Waals surface area contributed by atoms with Gasteiger partial charge in [0, 0.05) is 35.7 Å². The first-order valence-electron chi connectivity index (χ1n) is 17.0. The van der Waals surface area contributed by atoms with E-state index in [-0.39, 0.29) is 17.5 Å². The van der Waals surface area contributed by atoms with Gasteiger partial charge in [0.1, 0.15) is 23.0 Å². The van der Waals surface area contributed by atoms with Gasteiger partial charge in [0.25, 0.3) is 0 Å². The van der Waals surface area contributed by atoms with Gasteiger partial charge in [-0.15, -0.1) is 0 Å². The molecule has 1 atom stereocenters. The van der Waals surface area contributed by atoms with E-state index in [1.807, 2.05) is 31.2 Å². The molecule has 0 spiro atoms. The van der Waals surface area contributed by atoms with Crippen LogP contribution in [0.5, 0.6) is 23.0 Å². The second-order valence-electron chi connectivity index (χ2n) is 11.7. The summed E-state index contributed by atoms with van der Waals surface area (Å²) in [6.07, 6.45) is 23.6. The smallest absolute Gasteiger partial charge is 0.128 e. The molecular formula is C37H58N2O4. The van der Waals surface area contributed by atoms with Crippen LogP contribution in [0.4, 0.5) is 0 Å². The Kier molecular flexibility index (Phi) is 19.7. The number of benzene rings is 2. The molecule has 0 saturated carbocycles. The highest BCUT2D eigenvalue weighted by molar-refractivity contribution is 5.84. The van der Waals surface area contributed by atoms with E-state index in [0.29, 0.717) is 42.4 Å². The second-order valence-corrected chi connectivity index (χ2v) is 11.7. The fraction of sp³-hybridized carbons (Fsp3) is 0.622. The Morgan fingerprint density at radius 3 is 1.47 bits per heavy atom. The molecule has 0 radical (unpaired) electrons. The summed E-state index contributed by atoms with van der Waals surface area (Å²) >= 11 is 0. The Bertz CT molecular complexity index is 1050. The van der Waals surface area contributed by atoms with E-state index < -0.39 is 0 Å². The van der Waals surface area contributed by atoms with Gasteiger partial charge in [0.05, 0.1) is 25.8 Å². The van der Waals surface area contributed by atoms with Crippen LogP contribution in [0.25, 0.3) is 0 Å². The zero-order valence-corrected chi connectivity index (χ0v) is 27.2. The van der Waals surface area contributed by atoms with E-state index in [1.54, 1.807) is 24.6 Å². The van der Waals surface area contributed by atoms with Gasteiger partial charge in [-0.05, 0) is 44.0 Å². The summed E-state index contributed by atoms with van der Waals surface area (Å²) in [5, 5.41) is 20.8. The first kappa shape index (κ1) is 36.2. The molecule has 0 aromatic heterocycles. The SMILES string of the molecule is CCCCCCCCCCOc1ccc(C=NC[C@H](C)N=Cc2ccc(OCCCCCCCCCC)cc2O)c(O)c1. The normalized spacial score (nSPS) is 12.3. The summed E-state index contributed by atoms with van der Waals surface area (Å²) in [6, 6.07) is 10.6. The number of rotatable bonds is 25. The topological polar surface area (TPSA) is 83.6 Å². The quantitative estimate of drug-likeness (QED) is 0.0885. The molecule has 6 heteroatoms. The zero-order chi connectivity index (χ0) is 31.0. The van der Waals surface area contributed by atoms with E-state index in [4.69, 9.17) is 9.47 Å². The molecule has 0 unspecified atom stereocenters. The summed E-state index contributed by atoms with van der Waals surface area (Å²) in [4.78, 5) is 8.98. The monoisotopic (exact) mass is 594 g/mol. The number of phenolic OH excluding ortho intramolecular Hbond substituents is 2. The van der Waals surface area contributed by atoms with E-state index >= 15 is 0 Å². The summed E-state index contributed by atoms with van der Waals surface area (Å²) in [5.74, 6) is 1.67. The Morgan fingerprint density at radius 2 is 1.02 bits per heavy atom. The molecule has 0 bridgehead atoms. The van der Waals surface area contributed by atoms with Crippen LogP contribution in [0.3, 0.4) is 0 Å². The predicted octanol–water partition coefficient (Wildman–Crippen LogP) is 10.1. The first-order chi connectivity index (χ1) is 21.0. The summed E-state index contributed by atoms with van der Waals surface area (Å²) in [5.41, 5.74) is 1.30. The average molecular weight is 595 g/mol. The molecule has 2 aromatic rings. The minimum absolute atomic E-state index is 0.0788. The maximum Gasteiger partial charge on any atom is 0.128 e. The Hall–Kier alpha value is -3.02. The minimum Gasteiger partial charge on any atom is -0.507 e.